The van der Waals surface area contributed by atoms with Crippen molar-refractivity contribution < 1.29 is 5.11 Å². The van der Waals surface area contributed by atoms with Gasteiger partial charge >= 0.3 is 0 Å². The maximum atomic E-state index is 9.21. The fourth-order valence-corrected chi connectivity index (χ4v) is 3.89. The zero-order valence-corrected chi connectivity index (χ0v) is 11.9. The molecule has 0 aromatic carbocycles. The zero-order chi connectivity index (χ0) is 12.8. The van der Waals surface area contributed by atoms with E-state index in [9.17, 15) is 5.11 Å². The summed E-state index contributed by atoms with van der Waals surface area (Å²) in [6.45, 7) is 3.11. The van der Waals surface area contributed by atoms with Crippen LogP contribution in [0.2, 0.25) is 0 Å². The van der Waals surface area contributed by atoms with Crippen LogP contribution in [0.25, 0.3) is 0 Å². The third kappa shape index (κ3) is 3.54. The van der Waals surface area contributed by atoms with E-state index >= 15 is 0 Å². The van der Waals surface area contributed by atoms with Crippen LogP contribution in [0.3, 0.4) is 0 Å². The lowest BCUT2D eigenvalue weighted by Crippen LogP contribution is -2.43. The molecule has 2 aliphatic rings. The van der Waals surface area contributed by atoms with E-state index in [-0.39, 0.29) is 12.0 Å². The first-order valence-corrected chi connectivity index (χ1v) is 8.15. The molecular formula is C13H25N3OS. The van der Waals surface area contributed by atoms with Crippen LogP contribution in [0.5, 0.6) is 0 Å². The Kier molecular flexibility index (Phi) is 5.18. The smallest absolute Gasteiger partial charge is 0.191 e. The van der Waals surface area contributed by atoms with Gasteiger partial charge in [0.05, 0.1) is 0 Å². The third-order valence-corrected chi connectivity index (χ3v) is 5.16. The fourth-order valence-electron chi connectivity index (χ4n) is 2.99. The van der Waals surface area contributed by atoms with Gasteiger partial charge < -0.3 is 15.7 Å². The molecule has 1 aliphatic carbocycles. The molecule has 2 rings (SSSR count). The van der Waals surface area contributed by atoms with Crippen molar-refractivity contribution in [1.82, 2.24) is 4.90 Å². The van der Waals surface area contributed by atoms with Gasteiger partial charge in [0.25, 0.3) is 0 Å². The molecule has 1 saturated heterocycles. The fraction of sp³-hybridized carbons (Fsp3) is 0.923. The highest BCUT2D eigenvalue weighted by molar-refractivity contribution is 7.99. The van der Waals surface area contributed by atoms with Crippen LogP contribution in [0.4, 0.5) is 0 Å². The first kappa shape index (κ1) is 14.0. The van der Waals surface area contributed by atoms with Crippen molar-refractivity contribution in [3.8, 4) is 0 Å². The highest BCUT2D eigenvalue weighted by Gasteiger charge is 2.33. The van der Waals surface area contributed by atoms with Crippen molar-refractivity contribution in [2.24, 2.45) is 16.1 Å². The standard InChI is InChI=1S/C13H25N3OS/c14-12(16-6-9-18-10-7-16)15-11-13(5-8-17)3-1-2-4-13/h17H,1-11H2,(H2,14,15). The molecular weight excluding hydrogens is 246 g/mol. The van der Waals surface area contributed by atoms with E-state index in [1.54, 1.807) is 0 Å². The second-order valence-corrected chi connectivity index (χ2v) is 6.68. The molecule has 0 atom stereocenters. The van der Waals surface area contributed by atoms with E-state index < -0.39 is 0 Å². The van der Waals surface area contributed by atoms with E-state index in [2.05, 4.69) is 9.89 Å². The molecule has 4 nitrogen and oxygen atoms in total. The summed E-state index contributed by atoms with van der Waals surface area (Å²) in [6, 6.07) is 0. The van der Waals surface area contributed by atoms with Gasteiger partial charge in [-0.25, -0.2) is 0 Å². The number of hydrogen-bond acceptors (Lipinski definition) is 3. The largest absolute Gasteiger partial charge is 0.396 e. The Hall–Kier alpha value is -0.420. The van der Waals surface area contributed by atoms with Crippen LogP contribution in [-0.2, 0) is 0 Å². The summed E-state index contributed by atoms with van der Waals surface area (Å²) >= 11 is 1.98. The molecule has 1 saturated carbocycles. The van der Waals surface area contributed by atoms with Gasteiger partial charge in [0.2, 0.25) is 0 Å². The number of thioether (sulfide) groups is 1. The molecule has 3 N–H and O–H groups in total. The van der Waals surface area contributed by atoms with Gasteiger partial charge in [0, 0.05) is 37.7 Å². The van der Waals surface area contributed by atoms with Crippen molar-refractivity contribution in [2.75, 3.05) is 37.7 Å². The van der Waals surface area contributed by atoms with Gasteiger partial charge in [0.1, 0.15) is 0 Å². The highest BCUT2D eigenvalue weighted by atomic mass is 32.2. The van der Waals surface area contributed by atoms with Gasteiger partial charge in [-0.15, -0.1) is 0 Å². The van der Waals surface area contributed by atoms with Crippen LogP contribution in [-0.4, -0.2) is 53.7 Å². The predicted octanol–water partition coefficient (Wildman–Crippen LogP) is 1.29. The molecule has 0 amide bonds. The van der Waals surface area contributed by atoms with Crippen LogP contribution < -0.4 is 5.73 Å². The summed E-state index contributed by atoms with van der Waals surface area (Å²) in [6.07, 6.45) is 5.81. The predicted molar refractivity (Wildman–Crippen MR) is 78.0 cm³/mol. The first-order valence-electron chi connectivity index (χ1n) is 6.99. The lowest BCUT2D eigenvalue weighted by Gasteiger charge is -2.30. The molecule has 0 bridgehead atoms. The summed E-state index contributed by atoms with van der Waals surface area (Å²) in [7, 11) is 0. The second-order valence-electron chi connectivity index (χ2n) is 5.45. The van der Waals surface area contributed by atoms with Crippen LogP contribution in [0, 0.1) is 5.41 Å². The number of hydrogen-bond donors (Lipinski definition) is 2. The molecule has 0 aromatic rings. The lowest BCUT2D eigenvalue weighted by molar-refractivity contribution is 0.190. The number of nitrogens with two attached hydrogens (primary N) is 1. The van der Waals surface area contributed by atoms with Gasteiger partial charge in [-0.05, 0) is 24.7 Å². The summed E-state index contributed by atoms with van der Waals surface area (Å²) in [5.74, 6) is 3.01. The van der Waals surface area contributed by atoms with E-state index in [0.717, 1.165) is 37.6 Å². The Morgan fingerprint density at radius 2 is 1.94 bits per heavy atom. The van der Waals surface area contributed by atoms with Crippen molar-refractivity contribution >= 4 is 17.7 Å². The molecule has 104 valence electrons. The minimum absolute atomic E-state index is 0.226. The van der Waals surface area contributed by atoms with Crippen LogP contribution in [0.15, 0.2) is 4.99 Å². The minimum atomic E-state index is 0.226. The zero-order valence-electron chi connectivity index (χ0n) is 11.1. The number of guanidine groups is 1. The van der Waals surface area contributed by atoms with E-state index in [1.165, 1.54) is 25.7 Å². The monoisotopic (exact) mass is 271 g/mol. The molecule has 0 aromatic heterocycles. The summed E-state index contributed by atoms with van der Waals surface area (Å²) in [5.41, 5.74) is 6.31. The lowest BCUT2D eigenvalue weighted by atomic mass is 9.83. The molecule has 2 fully saturated rings. The normalized spacial score (nSPS) is 24.5. The van der Waals surface area contributed by atoms with Gasteiger partial charge in [-0.3, -0.25) is 4.99 Å². The number of nitrogens with zero attached hydrogens (tertiary/aromatic N) is 2. The number of aliphatic imine (C=N–C) groups is 1. The minimum Gasteiger partial charge on any atom is -0.396 e. The summed E-state index contributed by atoms with van der Waals surface area (Å²) in [5, 5.41) is 9.21. The van der Waals surface area contributed by atoms with Crippen LogP contribution >= 0.6 is 11.8 Å². The number of aliphatic hydroxyl groups is 1. The average molecular weight is 271 g/mol. The molecule has 1 heterocycles. The molecule has 18 heavy (non-hydrogen) atoms. The summed E-state index contributed by atoms with van der Waals surface area (Å²) < 4.78 is 0. The Bertz CT molecular complexity index is 284. The van der Waals surface area contributed by atoms with Crippen molar-refractivity contribution in [1.29, 1.82) is 0 Å². The average Bonchev–Trinajstić information content (AvgIpc) is 2.87. The van der Waals surface area contributed by atoms with Gasteiger partial charge in [-0.2, -0.15) is 11.8 Å². The Labute approximate surface area is 114 Å². The molecule has 0 unspecified atom stereocenters. The Balaban J connectivity index is 1.90. The summed E-state index contributed by atoms with van der Waals surface area (Å²) in [4.78, 5) is 6.81. The Morgan fingerprint density at radius 3 is 2.56 bits per heavy atom. The Morgan fingerprint density at radius 1 is 1.28 bits per heavy atom. The van der Waals surface area contributed by atoms with Crippen molar-refractivity contribution in [2.45, 2.75) is 32.1 Å². The quantitative estimate of drug-likeness (QED) is 0.597. The number of aliphatic hydroxyl groups excluding tert-OH is 1. The second kappa shape index (κ2) is 6.66. The van der Waals surface area contributed by atoms with Crippen molar-refractivity contribution in [3.05, 3.63) is 0 Å². The van der Waals surface area contributed by atoms with Gasteiger partial charge in [0.15, 0.2) is 5.96 Å². The third-order valence-electron chi connectivity index (χ3n) is 4.22. The maximum absolute atomic E-state index is 9.21. The molecule has 0 radical (unpaired) electrons. The van der Waals surface area contributed by atoms with E-state index in [4.69, 9.17) is 5.73 Å². The van der Waals surface area contributed by atoms with E-state index in [1.807, 2.05) is 11.8 Å². The maximum Gasteiger partial charge on any atom is 0.191 e. The first-order chi connectivity index (χ1) is 8.76. The van der Waals surface area contributed by atoms with Gasteiger partial charge in [-0.1, -0.05) is 12.8 Å². The SMILES string of the molecule is NC(=NCC1(CCO)CCCC1)N1CCSCC1. The van der Waals surface area contributed by atoms with Crippen molar-refractivity contribution in [3.63, 3.8) is 0 Å². The molecule has 0 spiro atoms. The highest BCUT2D eigenvalue weighted by Crippen LogP contribution is 2.41. The number of rotatable bonds is 4. The van der Waals surface area contributed by atoms with Crippen LogP contribution in [0.1, 0.15) is 32.1 Å². The van der Waals surface area contributed by atoms with E-state index in [0.29, 0.717) is 5.96 Å². The topological polar surface area (TPSA) is 61.9 Å². The molecule has 1 aliphatic heterocycles. The molecule has 5 heteroatoms.